The number of halogens is 1. The first kappa shape index (κ1) is 14.2. The SMILES string of the molecule is CCCNCC(c1ccc(F)cc1)C(C)CC. The normalized spacial score (nSPS) is 14.6. The first-order valence-corrected chi connectivity index (χ1v) is 6.65. The molecule has 17 heavy (non-hydrogen) atoms. The molecule has 0 fully saturated rings. The second kappa shape index (κ2) is 7.44. The summed E-state index contributed by atoms with van der Waals surface area (Å²) in [6.07, 6.45) is 2.30. The van der Waals surface area contributed by atoms with Crippen LogP contribution in [-0.2, 0) is 0 Å². The van der Waals surface area contributed by atoms with Crippen molar-refractivity contribution in [1.82, 2.24) is 5.32 Å². The summed E-state index contributed by atoms with van der Waals surface area (Å²) < 4.78 is 12.9. The lowest BCUT2D eigenvalue weighted by Crippen LogP contribution is -2.26. The largest absolute Gasteiger partial charge is 0.316 e. The van der Waals surface area contributed by atoms with Gasteiger partial charge in [0, 0.05) is 6.54 Å². The molecule has 2 heteroatoms. The summed E-state index contributed by atoms with van der Waals surface area (Å²) in [6, 6.07) is 6.95. The first-order valence-electron chi connectivity index (χ1n) is 6.65. The molecule has 0 heterocycles. The van der Waals surface area contributed by atoms with Crippen molar-refractivity contribution in [3.05, 3.63) is 35.6 Å². The van der Waals surface area contributed by atoms with Gasteiger partial charge in [-0.1, -0.05) is 39.3 Å². The van der Waals surface area contributed by atoms with E-state index in [0.29, 0.717) is 11.8 Å². The van der Waals surface area contributed by atoms with Crippen molar-refractivity contribution >= 4 is 0 Å². The highest BCUT2D eigenvalue weighted by molar-refractivity contribution is 5.21. The van der Waals surface area contributed by atoms with Gasteiger partial charge < -0.3 is 5.32 Å². The summed E-state index contributed by atoms with van der Waals surface area (Å²) in [5, 5.41) is 3.47. The highest BCUT2D eigenvalue weighted by atomic mass is 19.1. The Morgan fingerprint density at radius 2 is 1.82 bits per heavy atom. The van der Waals surface area contributed by atoms with Crippen molar-refractivity contribution in [2.75, 3.05) is 13.1 Å². The number of hydrogen-bond donors (Lipinski definition) is 1. The second-order valence-corrected chi connectivity index (χ2v) is 4.75. The van der Waals surface area contributed by atoms with Gasteiger partial charge in [-0.2, -0.15) is 0 Å². The van der Waals surface area contributed by atoms with E-state index in [1.54, 1.807) is 12.1 Å². The summed E-state index contributed by atoms with van der Waals surface area (Å²) >= 11 is 0. The summed E-state index contributed by atoms with van der Waals surface area (Å²) in [6.45, 7) is 8.68. The maximum atomic E-state index is 12.9. The van der Waals surface area contributed by atoms with Crippen LogP contribution in [0.1, 0.15) is 45.1 Å². The van der Waals surface area contributed by atoms with E-state index in [-0.39, 0.29) is 5.82 Å². The topological polar surface area (TPSA) is 12.0 Å². The molecule has 1 nitrogen and oxygen atoms in total. The predicted octanol–water partition coefficient (Wildman–Crippen LogP) is 3.96. The zero-order valence-corrected chi connectivity index (χ0v) is 11.2. The Morgan fingerprint density at radius 1 is 1.18 bits per heavy atom. The Morgan fingerprint density at radius 3 is 2.35 bits per heavy atom. The highest BCUT2D eigenvalue weighted by Gasteiger charge is 2.17. The quantitative estimate of drug-likeness (QED) is 0.708. The molecule has 1 N–H and O–H groups in total. The van der Waals surface area contributed by atoms with Crippen molar-refractivity contribution in [2.45, 2.75) is 39.5 Å². The van der Waals surface area contributed by atoms with Gasteiger partial charge in [0.15, 0.2) is 0 Å². The molecule has 1 aromatic carbocycles. The lowest BCUT2D eigenvalue weighted by atomic mass is 9.85. The Bertz CT molecular complexity index is 307. The fourth-order valence-corrected chi connectivity index (χ4v) is 2.08. The van der Waals surface area contributed by atoms with Gasteiger partial charge in [0.05, 0.1) is 0 Å². The van der Waals surface area contributed by atoms with Gasteiger partial charge in [-0.05, 0) is 42.5 Å². The van der Waals surface area contributed by atoms with Crippen molar-refractivity contribution < 1.29 is 4.39 Å². The van der Waals surface area contributed by atoms with E-state index in [1.807, 2.05) is 12.1 Å². The molecule has 1 rings (SSSR count). The lowest BCUT2D eigenvalue weighted by Gasteiger charge is -2.24. The lowest BCUT2D eigenvalue weighted by molar-refractivity contribution is 0.420. The van der Waals surface area contributed by atoms with Gasteiger partial charge in [-0.15, -0.1) is 0 Å². The van der Waals surface area contributed by atoms with Crippen LogP contribution in [-0.4, -0.2) is 13.1 Å². The third kappa shape index (κ3) is 4.47. The fourth-order valence-electron chi connectivity index (χ4n) is 2.08. The number of hydrogen-bond acceptors (Lipinski definition) is 1. The molecule has 0 amide bonds. The molecule has 2 atom stereocenters. The molecule has 0 radical (unpaired) electrons. The van der Waals surface area contributed by atoms with Gasteiger partial charge in [0.1, 0.15) is 5.82 Å². The van der Waals surface area contributed by atoms with Crippen LogP contribution in [0.3, 0.4) is 0 Å². The molecule has 1 aromatic rings. The Kier molecular flexibility index (Phi) is 6.20. The third-order valence-electron chi connectivity index (χ3n) is 3.42. The van der Waals surface area contributed by atoms with E-state index >= 15 is 0 Å². The number of nitrogens with one attached hydrogen (secondary N) is 1. The zero-order chi connectivity index (χ0) is 12.7. The molecule has 0 aliphatic rings. The third-order valence-corrected chi connectivity index (χ3v) is 3.42. The molecule has 0 bridgehead atoms. The standard InChI is InChI=1S/C15H24FN/c1-4-10-17-11-15(12(3)5-2)13-6-8-14(16)9-7-13/h6-9,12,15,17H,4-5,10-11H2,1-3H3. The van der Waals surface area contributed by atoms with Gasteiger partial charge in [0.25, 0.3) is 0 Å². The molecule has 0 saturated carbocycles. The maximum Gasteiger partial charge on any atom is 0.123 e. The predicted molar refractivity (Wildman–Crippen MR) is 71.8 cm³/mol. The Balaban J connectivity index is 2.71. The molecule has 0 aliphatic carbocycles. The van der Waals surface area contributed by atoms with Crippen LogP contribution >= 0.6 is 0 Å². The van der Waals surface area contributed by atoms with Crippen LogP contribution in [0.4, 0.5) is 4.39 Å². The van der Waals surface area contributed by atoms with Crippen LogP contribution in [0, 0.1) is 11.7 Å². The van der Waals surface area contributed by atoms with Gasteiger partial charge in [-0.3, -0.25) is 0 Å². The van der Waals surface area contributed by atoms with Crippen LogP contribution in [0.15, 0.2) is 24.3 Å². The molecule has 0 spiro atoms. The molecule has 0 saturated heterocycles. The van der Waals surface area contributed by atoms with E-state index in [1.165, 1.54) is 5.56 Å². The second-order valence-electron chi connectivity index (χ2n) is 4.75. The first-order chi connectivity index (χ1) is 8.19. The van der Waals surface area contributed by atoms with Crippen molar-refractivity contribution in [2.24, 2.45) is 5.92 Å². The molecule has 0 aromatic heterocycles. The number of rotatable bonds is 7. The minimum absolute atomic E-state index is 0.154. The van der Waals surface area contributed by atoms with E-state index in [4.69, 9.17) is 0 Å². The average Bonchev–Trinajstić information content (AvgIpc) is 2.35. The van der Waals surface area contributed by atoms with E-state index in [9.17, 15) is 4.39 Å². The van der Waals surface area contributed by atoms with Crippen LogP contribution in [0.2, 0.25) is 0 Å². The van der Waals surface area contributed by atoms with E-state index in [2.05, 4.69) is 26.1 Å². The number of benzene rings is 1. The van der Waals surface area contributed by atoms with Crippen LogP contribution in [0.5, 0.6) is 0 Å². The van der Waals surface area contributed by atoms with Crippen LogP contribution < -0.4 is 5.32 Å². The Labute approximate surface area is 104 Å². The zero-order valence-electron chi connectivity index (χ0n) is 11.2. The molecular weight excluding hydrogens is 213 g/mol. The van der Waals surface area contributed by atoms with Crippen molar-refractivity contribution in [3.63, 3.8) is 0 Å². The summed E-state index contributed by atoms with van der Waals surface area (Å²) in [7, 11) is 0. The highest BCUT2D eigenvalue weighted by Crippen LogP contribution is 2.26. The fraction of sp³-hybridized carbons (Fsp3) is 0.600. The molecule has 0 aliphatic heterocycles. The van der Waals surface area contributed by atoms with Gasteiger partial charge in [-0.25, -0.2) is 4.39 Å². The average molecular weight is 237 g/mol. The minimum atomic E-state index is -0.154. The summed E-state index contributed by atoms with van der Waals surface area (Å²) in [5.74, 6) is 0.940. The van der Waals surface area contributed by atoms with Crippen molar-refractivity contribution in [1.29, 1.82) is 0 Å². The van der Waals surface area contributed by atoms with Gasteiger partial charge >= 0.3 is 0 Å². The monoisotopic (exact) mass is 237 g/mol. The molecule has 96 valence electrons. The molecular formula is C15H24FN. The molecule has 2 unspecified atom stereocenters. The Hall–Kier alpha value is -0.890. The van der Waals surface area contributed by atoms with Crippen molar-refractivity contribution in [3.8, 4) is 0 Å². The van der Waals surface area contributed by atoms with E-state index < -0.39 is 0 Å². The maximum absolute atomic E-state index is 12.9. The smallest absolute Gasteiger partial charge is 0.123 e. The summed E-state index contributed by atoms with van der Waals surface area (Å²) in [5.41, 5.74) is 1.24. The van der Waals surface area contributed by atoms with Crippen LogP contribution in [0.25, 0.3) is 0 Å². The summed E-state index contributed by atoms with van der Waals surface area (Å²) in [4.78, 5) is 0. The minimum Gasteiger partial charge on any atom is -0.316 e. The van der Waals surface area contributed by atoms with Gasteiger partial charge in [0.2, 0.25) is 0 Å². The van der Waals surface area contributed by atoms with E-state index in [0.717, 1.165) is 25.9 Å².